The minimum absolute atomic E-state index is 0.0347. The van der Waals surface area contributed by atoms with Gasteiger partial charge in [-0.05, 0) is 69.1 Å². The molecule has 1 aromatic heterocycles. The Bertz CT molecular complexity index is 1510. The van der Waals surface area contributed by atoms with Gasteiger partial charge in [-0.1, -0.05) is 12.1 Å². The first-order valence-electron chi connectivity index (χ1n) is 16.3. The number of likely N-dealkylation sites (N-methyl/N-ethyl adjacent to an activating group) is 1. The van der Waals surface area contributed by atoms with E-state index in [1.165, 1.54) is 25.5 Å². The third-order valence-corrected chi connectivity index (χ3v) is 9.16. The Hall–Kier alpha value is -4.26. The Morgan fingerprint density at radius 2 is 1.59 bits per heavy atom. The van der Waals surface area contributed by atoms with Crippen LogP contribution in [0.25, 0.3) is 11.3 Å². The van der Waals surface area contributed by atoms with Crippen LogP contribution in [0.3, 0.4) is 0 Å². The average Bonchev–Trinajstić information content (AvgIpc) is 3.06. The summed E-state index contributed by atoms with van der Waals surface area (Å²) in [6.07, 6.45) is 3.98. The number of carbonyl (C=O) groups excluding carboxylic acids is 2. The summed E-state index contributed by atoms with van der Waals surface area (Å²) in [6, 6.07) is 16.3. The summed E-state index contributed by atoms with van der Waals surface area (Å²) in [5.41, 5.74) is 9.65. The number of piperidine rings is 1. The number of nitrogens with one attached hydrogen (secondary N) is 3. The smallest absolute Gasteiger partial charge is 0.271 e. The molecule has 0 radical (unpaired) electrons. The second kappa shape index (κ2) is 14.4. The van der Waals surface area contributed by atoms with Crippen LogP contribution < -0.4 is 26.6 Å². The largest absolute Gasteiger partial charge is 0.381 e. The summed E-state index contributed by atoms with van der Waals surface area (Å²) in [4.78, 5) is 41.6. The molecule has 244 valence electrons. The number of amides is 2. The molecule has 0 bridgehead atoms. The minimum Gasteiger partial charge on any atom is -0.381 e. The van der Waals surface area contributed by atoms with Crippen LogP contribution in [-0.2, 0) is 9.53 Å². The number of benzene rings is 2. The van der Waals surface area contributed by atoms with Crippen LogP contribution in [0.4, 0.5) is 28.7 Å². The molecule has 46 heavy (non-hydrogen) atoms. The van der Waals surface area contributed by atoms with Crippen LogP contribution in [0.1, 0.15) is 43.1 Å². The minimum atomic E-state index is -0.688. The molecule has 5 N–H and O–H groups in total. The van der Waals surface area contributed by atoms with E-state index >= 15 is 0 Å². The lowest BCUT2D eigenvalue weighted by molar-refractivity contribution is -0.114. The van der Waals surface area contributed by atoms with E-state index in [-0.39, 0.29) is 23.5 Å². The zero-order valence-corrected chi connectivity index (χ0v) is 26.8. The lowest BCUT2D eigenvalue weighted by Crippen LogP contribution is -2.52. The maximum absolute atomic E-state index is 12.7. The van der Waals surface area contributed by atoms with Crippen LogP contribution in [-0.4, -0.2) is 103 Å². The first-order valence-corrected chi connectivity index (χ1v) is 16.3. The number of nitrogens with zero attached hydrogens (tertiary/aromatic N) is 5. The molecule has 3 aliphatic heterocycles. The van der Waals surface area contributed by atoms with Crippen molar-refractivity contribution in [2.24, 2.45) is 5.73 Å². The molecule has 0 saturated carbocycles. The van der Waals surface area contributed by atoms with Crippen molar-refractivity contribution < 1.29 is 14.3 Å². The summed E-state index contributed by atoms with van der Waals surface area (Å²) in [7, 11) is 2.20. The van der Waals surface area contributed by atoms with E-state index in [4.69, 9.17) is 20.4 Å². The van der Waals surface area contributed by atoms with Crippen molar-refractivity contribution in [3.8, 4) is 11.3 Å². The number of anilines is 5. The number of carbonyl (C=O) groups is 2. The Kier molecular flexibility index (Phi) is 9.96. The summed E-state index contributed by atoms with van der Waals surface area (Å²) in [5, 5.41) is 9.65. The normalized spacial score (nSPS) is 18.7. The van der Waals surface area contributed by atoms with E-state index in [0.717, 1.165) is 57.8 Å². The van der Waals surface area contributed by atoms with Gasteiger partial charge in [0.25, 0.3) is 5.91 Å². The molecule has 0 atom stereocenters. The Morgan fingerprint density at radius 3 is 2.26 bits per heavy atom. The summed E-state index contributed by atoms with van der Waals surface area (Å²) in [6.45, 7) is 9.46. The molecule has 12 heteroatoms. The fraction of sp³-hybridized carbons (Fsp3) is 0.471. The number of ether oxygens (including phenoxy) is 1. The predicted molar refractivity (Wildman–Crippen MR) is 182 cm³/mol. The number of piperazine rings is 1. The monoisotopic (exact) mass is 627 g/mol. The molecule has 0 unspecified atom stereocenters. The zero-order chi connectivity index (χ0) is 32.0. The van der Waals surface area contributed by atoms with Gasteiger partial charge in [0.05, 0.1) is 0 Å². The Morgan fingerprint density at radius 1 is 0.870 bits per heavy atom. The molecule has 2 aromatic carbocycles. The van der Waals surface area contributed by atoms with Crippen LogP contribution >= 0.6 is 0 Å². The summed E-state index contributed by atoms with van der Waals surface area (Å²) >= 11 is 0. The predicted octanol–water partition coefficient (Wildman–Crippen LogP) is 3.75. The highest BCUT2D eigenvalue weighted by Gasteiger charge is 2.27. The van der Waals surface area contributed by atoms with Crippen molar-refractivity contribution in [3.63, 3.8) is 0 Å². The van der Waals surface area contributed by atoms with Gasteiger partial charge in [0.2, 0.25) is 5.91 Å². The van der Waals surface area contributed by atoms with E-state index < -0.39 is 5.91 Å². The molecule has 3 aliphatic rings. The van der Waals surface area contributed by atoms with Crippen LogP contribution in [0, 0.1) is 0 Å². The lowest BCUT2D eigenvalue weighted by atomic mass is 10.0. The Balaban J connectivity index is 1.21. The quantitative estimate of drug-likeness (QED) is 0.277. The molecule has 3 saturated heterocycles. The number of rotatable bonds is 9. The third-order valence-electron chi connectivity index (χ3n) is 9.16. The van der Waals surface area contributed by atoms with Crippen LogP contribution in [0.5, 0.6) is 0 Å². The van der Waals surface area contributed by atoms with Crippen molar-refractivity contribution in [1.82, 2.24) is 19.8 Å². The SMILES string of the molecule is CC(=O)Nc1cccc(-c2nc(C(N)=O)c(Nc3ccc(N4CCC(N5CCN(C)CC5)CC4)cc3)nc2NC2CCOCC2)c1. The van der Waals surface area contributed by atoms with Crippen molar-refractivity contribution in [1.29, 1.82) is 0 Å². The fourth-order valence-corrected chi connectivity index (χ4v) is 6.55. The molecule has 4 heterocycles. The van der Waals surface area contributed by atoms with Gasteiger partial charge in [-0.15, -0.1) is 0 Å². The van der Waals surface area contributed by atoms with Gasteiger partial charge < -0.3 is 36.2 Å². The van der Waals surface area contributed by atoms with Crippen molar-refractivity contribution in [3.05, 3.63) is 54.2 Å². The van der Waals surface area contributed by atoms with Gasteiger partial charge in [0.15, 0.2) is 17.3 Å². The molecule has 3 fully saturated rings. The van der Waals surface area contributed by atoms with Crippen molar-refractivity contribution in [2.45, 2.75) is 44.7 Å². The number of primary amides is 1. The maximum atomic E-state index is 12.7. The van der Waals surface area contributed by atoms with Gasteiger partial charge in [-0.25, -0.2) is 9.97 Å². The zero-order valence-electron chi connectivity index (χ0n) is 26.8. The fourth-order valence-electron chi connectivity index (χ4n) is 6.55. The van der Waals surface area contributed by atoms with Crippen molar-refractivity contribution in [2.75, 3.05) is 80.4 Å². The van der Waals surface area contributed by atoms with E-state index in [1.54, 1.807) is 6.07 Å². The molecule has 2 amide bonds. The topological polar surface area (TPSA) is 141 Å². The van der Waals surface area contributed by atoms with Gasteiger partial charge in [-0.3, -0.25) is 14.5 Å². The van der Waals surface area contributed by atoms with Gasteiger partial charge in [0, 0.05) is 94.1 Å². The molecule has 12 nitrogen and oxygen atoms in total. The number of hydrogen-bond donors (Lipinski definition) is 4. The number of hydrogen-bond acceptors (Lipinski definition) is 10. The molecule has 3 aromatic rings. The highest BCUT2D eigenvalue weighted by Crippen LogP contribution is 2.32. The highest BCUT2D eigenvalue weighted by atomic mass is 16.5. The Labute approximate surface area is 270 Å². The standard InChI is InChI=1S/C34H45N9O3/c1-23(44)36-27-5-3-4-24(22-27)30-33(38-26-12-20-46-21-13-26)40-34(31(39-30)32(35)45)37-25-6-8-28(9-7-25)42-14-10-29(11-15-42)43-18-16-41(2)17-19-43/h3-9,22,26,29H,10-21H2,1-2H3,(H2,35,45)(H,36,44)(H2,37,38,40). The first-order chi connectivity index (χ1) is 22.3. The van der Waals surface area contributed by atoms with Gasteiger partial charge >= 0.3 is 0 Å². The molecular formula is C34H45N9O3. The van der Waals surface area contributed by atoms with Gasteiger partial charge in [-0.2, -0.15) is 0 Å². The van der Waals surface area contributed by atoms with Crippen LogP contribution in [0.15, 0.2) is 48.5 Å². The van der Waals surface area contributed by atoms with E-state index in [0.29, 0.717) is 42.0 Å². The van der Waals surface area contributed by atoms with E-state index in [2.05, 4.69) is 49.8 Å². The second-order valence-electron chi connectivity index (χ2n) is 12.5. The molecular weight excluding hydrogens is 582 g/mol. The molecule has 0 spiro atoms. The number of aromatic nitrogens is 2. The molecule has 6 rings (SSSR count). The van der Waals surface area contributed by atoms with Crippen molar-refractivity contribution >= 4 is 40.5 Å². The molecule has 0 aliphatic carbocycles. The average molecular weight is 628 g/mol. The second-order valence-corrected chi connectivity index (χ2v) is 12.5. The summed E-state index contributed by atoms with van der Waals surface area (Å²) in [5.74, 6) is -0.0576. The summed E-state index contributed by atoms with van der Waals surface area (Å²) < 4.78 is 5.55. The number of nitrogens with two attached hydrogens (primary N) is 1. The van der Waals surface area contributed by atoms with Crippen LogP contribution in [0.2, 0.25) is 0 Å². The third kappa shape index (κ3) is 7.75. The lowest BCUT2D eigenvalue weighted by Gasteiger charge is -2.42. The van der Waals surface area contributed by atoms with E-state index in [9.17, 15) is 9.59 Å². The van der Waals surface area contributed by atoms with E-state index in [1.807, 2.05) is 30.3 Å². The first kappa shape index (κ1) is 31.7. The van der Waals surface area contributed by atoms with Gasteiger partial charge in [0.1, 0.15) is 5.69 Å². The highest BCUT2D eigenvalue weighted by molar-refractivity contribution is 5.98. The maximum Gasteiger partial charge on any atom is 0.271 e.